The number of likely N-dealkylation sites (tertiary alicyclic amines) is 1. The zero-order valence-corrected chi connectivity index (χ0v) is 14.9. The van der Waals surface area contributed by atoms with Crippen molar-refractivity contribution in [3.8, 4) is 0 Å². The fraction of sp³-hybridized carbons (Fsp3) is 0.474. The third kappa shape index (κ3) is 5.15. The molecule has 0 unspecified atom stereocenters. The maximum absolute atomic E-state index is 12.4. The lowest BCUT2D eigenvalue weighted by molar-refractivity contribution is -0.138. The van der Waals surface area contributed by atoms with Gasteiger partial charge in [0.05, 0.1) is 5.92 Å². The Labute approximate surface area is 153 Å². The predicted molar refractivity (Wildman–Crippen MR) is 97.1 cm³/mol. The Bertz CT molecular complexity index is 702. The van der Waals surface area contributed by atoms with Crippen molar-refractivity contribution in [3.05, 3.63) is 48.5 Å². The number of piperidine rings is 1. The molecule has 1 atom stereocenters. The molecule has 2 amide bonds. The summed E-state index contributed by atoms with van der Waals surface area (Å²) in [5.41, 5.74) is 0.963. The quantitative estimate of drug-likeness (QED) is 0.723. The van der Waals surface area contributed by atoms with E-state index in [1.165, 1.54) is 0 Å². The zero-order valence-electron chi connectivity index (χ0n) is 14.9. The summed E-state index contributed by atoms with van der Waals surface area (Å²) in [6, 6.07) is 7.66. The highest BCUT2D eigenvalue weighted by Gasteiger charge is 2.29. The number of carbonyl (C=O) groups excluding carboxylic acids is 2. The van der Waals surface area contributed by atoms with Crippen molar-refractivity contribution in [1.29, 1.82) is 0 Å². The number of carbonyl (C=O) groups is 2. The van der Waals surface area contributed by atoms with E-state index in [0.717, 1.165) is 18.7 Å². The molecule has 3 rings (SSSR count). The number of nitrogens with zero attached hydrogens (tertiary/aromatic N) is 4. The largest absolute Gasteiger partial charge is 0.356 e. The Balaban J connectivity index is 1.41. The maximum atomic E-state index is 12.4. The highest BCUT2D eigenvalue weighted by Crippen LogP contribution is 2.18. The van der Waals surface area contributed by atoms with E-state index < -0.39 is 0 Å². The molecule has 26 heavy (non-hydrogen) atoms. The second-order valence-corrected chi connectivity index (χ2v) is 6.56. The number of amides is 2. The molecule has 7 heteroatoms. The molecule has 7 nitrogen and oxygen atoms in total. The minimum Gasteiger partial charge on any atom is -0.356 e. The molecule has 2 aromatic rings. The van der Waals surface area contributed by atoms with Gasteiger partial charge in [0, 0.05) is 63.3 Å². The van der Waals surface area contributed by atoms with E-state index in [4.69, 9.17) is 0 Å². The summed E-state index contributed by atoms with van der Waals surface area (Å²) < 4.78 is 1.85. The van der Waals surface area contributed by atoms with Crippen LogP contribution in [-0.4, -0.2) is 51.1 Å². The van der Waals surface area contributed by atoms with Crippen molar-refractivity contribution >= 4 is 11.8 Å². The lowest BCUT2D eigenvalue weighted by Gasteiger charge is -2.32. The van der Waals surface area contributed by atoms with Gasteiger partial charge in [-0.2, -0.15) is 5.10 Å². The van der Waals surface area contributed by atoms with Gasteiger partial charge in [-0.05, 0) is 31.0 Å². The standard InChI is InChI=1S/C19H25N5O2/c25-18-7-6-16(15-23(18)14-8-17-5-1-2-9-20-17)19(26)21-10-3-12-24-13-4-11-22-24/h1-2,4-5,9,11,13,16H,3,6-8,10,12,14-15H2,(H,21,26)/t16-/m1/s1. The summed E-state index contributed by atoms with van der Waals surface area (Å²) in [7, 11) is 0. The molecule has 0 aliphatic carbocycles. The van der Waals surface area contributed by atoms with Gasteiger partial charge in [-0.1, -0.05) is 6.07 Å². The lowest BCUT2D eigenvalue weighted by Crippen LogP contribution is -2.46. The molecule has 1 aliphatic rings. The van der Waals surface area contributed by atoms with Crippen LogP contribution in [0.5, 0.6) is 0 Å². The van der Waals surface area contributed by atoms with Crippen molar-refractivity contribution in [3.63, 3.8) is 0 Å². The average Bonchev–Trinajstić information content (AvgIpc) is 3.19. The summed E-state index contributed by atoms with van der Waals surface area (Å²) in [6.07, 6.45) is 8.03. The van der Waals surface area contributed by atoms with Gasteiger partial charge in [0.15, 0.2) is 0 Å². The van der Waals surface area contributed by atoms with Crippen LogP contribution in [0.25, 0.3) is 0 Å². The molecule has 0 radical (unpaired) electrons. The topological polar surface area (TPSA) is 80.1 Å². The highest BCUT2D eigenvalue weighted by atomic mass is 16.2. The Kier molecular flexibility index (Phi) is 6.35. The third-order valence-corrected chi connectivity index (χ3v) is 4.66. The molecule has 1 N–H and O–H groups in total. The van der Waals surface area contributed by atoms with Crippen LogP contribution in [0.3, 0.4) is 0 Å². The summed E-state index contributed by atoms with van der Waals surface area (Å²) in [6.45, 7) is 2.51. The molecular weight excluding hydrogens is 330 g/mol. The van der Waals surface area contributed by atoms with Gasteiger partial charge in [0.25, 0.3) is 0 Å². The van der Waals surface area contributed by atoms with Crippen molar-refractivity contribution in [2.24, 2.45) is 5.92 Å². The van der Waals surface area contributed by atoms with Crippen LogP contribution in [0.1, 0.15) is 25.0 Å². The van der Waals surface area contributed by atoms with Crippen LogP contribution in [-0.2, 0) is 22.6 Å². The molecule has 138 valence electrons. The molecule has 1 fully saturated rings. The van der Waals surface area contributed by atoms with Crippen molar-refractivity contribution < 1.29 is 9.59 Å². The Morgan fingerprint density at radius 2 is 2.15 bits per heavy atom. The average molecular weight is 355 g/mol. The SMILES string of the molecule is O=C(NCCCn1cccn1)[C@@H]1CCC(=O)N(CCc2ccccn2)C1. The molecular formula is C19H25N5O2. The number of nitrogens with one attached hydrogen (secondary N) is 1. The summed E-state index contributed by atoms with van der Waals surface area (Å²) in [5.74, 6) is 0.0469. The molecule has 2 aromatic heterocycles. The highest BCUT2D eigenvalue weighted by molar-refractivity contribution is 5.83. The van der Waals surface area contributed by atoms with Gasteiger partial charge >= 0.3 is 0 Å². The van der Waals surface area contributed by atoms with Gasteiger partial charge in [0.2, 0.25) is 11.8 Å². The van der Waals surface area contributed by atoms with E-state index in [9.17, 15) is 9.59 Å². The monoisotopic (exact) mass is 355 g/mol. The van der Waals surface area contributed by atoms with E-state index >= 15 is 0 Å². The molecule has 0 aromatic carbocycles. The normalized spacial score (nSPS) is 17.3. The Hall–Kier alpha value is -2.70. The van der Waals surface area contributed by atoms with Gasteiger partial charge < -0.3 is 10.2 Å². The van der Waals surface area contributed by atoms with Gasteiger partial charge in [-0.25, -0.2) is 0 Å². The van der Waals surface area contributed by atoms with E-state index in [1.54, 1.807) is 17.3 Å². The van der Waals surface area contributed by atoms with Crippen LogP contribution in [0.15, 0.2) is 42.9 Å². The second kappa shape index (κ2) is 9.12. The minimum atomic E-state index is -0.124. The number of hydrogen-bond donors (Lipinski definition) is 1. The van der Waals surface area contributed by atoms with Gasteiger partial charge in [0.1, 0.15) is 0 Å². The number of aromatic nitrogens is 3. The van der Waals surface area contributed by atoms with E-state index in [2.05, 4.69) is 15.4 Å². The third-order valence-electron chi connectivity index (χ3n) is 4.66. The van der Waals surface area contributed by atoms with Crippen molar-refractivity contribution in [1.82, 2.24) is 25.0 Å². The van der Waals surface area contributed by atoms with Crippen molar-refractivity contribution in [2.45, 2.75) is 32.2 Å². The molecule has 0 spiro atoms. The lowest BCUT2D eigenvalue weighted by atomic mass is 9.96. The van der Waals surface area contributed by atoms with E-state index in [0.29, 0.717) is 38.9 Å². The first-order valence-corrected chi connectivity index (χ1v) is 9.15. The number of aryl methyl sites for hydroxylation is 1. The predicted octanol–water partition coefficient (Wildman–Crippen LogP) is 1.27. The Morgan fingerprint density at radius 1 is 1.23 bits per heavy atom. The Morgan fingerprint density at radius 3 is 2.92 bits per heavy atom. The van der Waals surface area contributed by atoms with Crippen LogP contribution in [0, 0.1) is 5.92 Å². The van der Waals surface area contributed by atoms with Crippen LogP contribution in [0.4, 0.5) is 0 Å². The molecule has 0 saturated carbocycles. The van der Waals surface area contributed by atoms with Crippen LogP contribution >= 0.6 is 0 Å². The van der Waals surface area contributed by atoms with E-state index in [1.807, 2.05) is 35.1 Å². The first-order valence-electron chi connectivity index (χ1n) is 9.15. The second-order valence-electron chi connectivity index (χ2n) is 6.56. The summed E-state index contributed by atoms with van der Waals surface area (Å²) >= 11 is 0. The number of rotatable bonds is 8. The minimum absolute atomic E-state index is 0.0424. The van der Waals surface area contributed by atoms with Crippen LogP contribution < -0.4 is 5.32 Å². The first kappa shape index (κ1) is 18.1. The van der Waals surface area contributed by atoms with Gasteiger partial charge in [-0.15, -0.1) is 0 Å². The van der Waals surface area contributed by atoms with Crippen molar-refractivity contribution in [2.75, 3.05) is 19.6 Å². The van der Waals surface area contributed by atoms with Gasteiger partial charge in [-0.3, -0.25) is 19.3 Å². The molecule has 1 saturated heterocycles. The fourth-order valence-electron chi connectivity index (χ4n) is 3.17. The number of hydrogen-bond acceptors (Lipinski definition) is 4. The first-order chi connectivity index (χ1) is 12.7. The maximum Gasteiger partial charge on any atom is 0.224 e. The molecule has 1 aliphatic heterocycles. The fourth-order valence-corrected chi connectivity index (χ4v) is 3.17. The van der Waals surface area contributed by atoms with E-state index in [-0.39, 0.29) is 17.7 Å². The molecule has 3 heterocycles. The summed E-state index contributed by atoms with van der Waals surface area (Å²) in [4.78, 5) is 30.6. The smallest absolute Gasteiger partial charge is 0.224 e. The number of pyridine rings is 1. The molecule has 0 bridgehead atoms. The zero-order chi connectivity index (χ0) is 18.2. The summed E-state index contributed by atoms with van der Waals surface area (Å²) in [5, 5.41) is 7.13. The van der Waals surface area contributed by atoms with Crippen LogP contribution in [0.2, 0.25) is 0 Å².